The van der Waals surface area contributed by atoms with Gasteiger partial charge in [0.05, 0.1) is 18.6 Å². The second-order valence-corrected chi connectivity index (χ2v) is 7.51. The number of rotatable bonds is 3. The normalized spacial score (nSPS) is 20.2. The van der Waals surface area contributed by atoms with Crippen LogP contribution in [0, 0.1) is 0 Å². The van der Waals surface area contributed by atoms with Crippen LogP contribution in [0.15, 0.2) is 30.6 Å². The average molecular weight is 336 g/mol. The van der Waals surface area contributed by atoms with Gasteiger partial charge in [-0.1, -0.05) is 18.2 Å². The summed E-state index contributed by atoms with van der Waals surface area (Å²) in [6.07, 6.45) is 7.73. The first-order valence-electron chi connectivity index (χ1n) is 9.45. The Kier molecular flexibility index (Phi) is 3.63. The van der Waals surface area contributed by atoms with Crippen molar-refractivity contribution in [3.05, 3.63) is 47.5 Å². The summed E-state index contributed by atoms with van der Waals surface area (Å²) in [5.74, 6) is 0.220. The van der Waals surface area contributed by atoms with E-state index in [1.54, 1.807) is 0 Å². The number of amides is 1. The van der Waals surface area contributed by atoms with Gasteiger partial charge in [-0.25, -0.2) is 4.98 Å². The van der Waals surface area contributed by atoms with Gasteiger partial charge in [-0.2, -0.15) is 0 Å². The molecule has 0 saturated heterocycles. The molecule has 0 N–H and O–H groups in total. The van der Waals surface area contributed by atoms with E-state index in [9.17, 15) is 4.79 Å². The van der Waals surface area contributed by atoms with E-state index in [4.69, 9.17) is 0 Å². The van der Waals surface area contributed by atoms with E-state index in [1.807, 2.05) is 17.3 Å². The van der Waals surface area contributed by atoms with E-state index in [0.717, 1.165) is 44.6 Å². The highest BCUT2D eigenvalue weighted by Crippen LogP contribution is 2.37. The fourth-order valence-electron chi connectivity index (χ4n) is 4.26. The Morgan fingerprint density at radius 2 is 2.04 bits per heavy atom. The van der Waals surface area contributed by atoms with Crippen molar-refractivity contribution in [2.45, 2.75) is 44.7 Å². The summed E-state index contributed by atoms with van der Waals surface area (Å²) in [6, 6.07) is 9.01. The number of fused-ring (bicyclic) bond motifs is 2. The molecule has 0 spiro atoms. The summed E-state index contributed by atoms with van der Waals surface area (Å²) in [7, 11) is 0. The van der Waals surface area contributed by atoms with Crippen molar-refractivity contribution >= 4 is 11.6 Å². The molecule has 2 aromatic rings. The molecule has 1 saturated carbocycles. The van der Waals surface area contributed by atoms with Gasteiger partial charge in [-0.05, 0) is 37.3 Å². The van der Waals surface area contributed by atoms with Crippen LogP contribution in [0.1, 0.15) is 42.3 Å². The molecule has 3 aliphatic rings. The molecule has 1 fully saturated rings. The Balaban J connectivity index is 1.29. The van der Waals surface area contributed by atoms with E-state index in [1.165, 1.54) is 29.8 Å². The molecule has 0 bridgehead atoms. The summed E-state index contributed by atoms with van der Waals surface area (Å²) in [6.45, 7) is 3.08. The van der Waals surface area contributed by atoms with Gasteiger partial charge in [0.25, 0.3) is 0 Å². The quantitative estimate of drug-likeness (QED) is 0.865. The fraction of sp³-hybridized carbons (Fsp3) is 0.500. The van der Waals surface area contributed by atoms with Crippen LogP contribution in [0.25, 0.3) is 0 Å². The van der Waals surface area contributed by atoms with Crippen molar-refractivity contribution < 1.29 is 4.79 Å². The summed E-state index contributed by atoms with van der Waals surface area (Å²) in [5.41, 5.74) is 4.97. The molecule has 2 aliphatic heterocycles. The monoisotopic (exact) mass is 336 g/mol. The summed E-state index contributed by atoms with van der Waals surface area (Å²) in [5, 5.41) is 0. The topological polar surface area (TPSA) is 41.4 Å². The van der Waals surface area contributed by atoms with E-state index in [2.05, 4.69) is 32.7 Å². The zero-order valence-corrected chi connectivity index (χ0v) is 14.5. The van der Waals surface area contributed by atoms with E-state index in [-0.39, 0.29) is 5.91 Å². The van der Waals surface area contributed by atoms with Crippen LogP contribution >= 0.6 is 0 Å². The summed E-state index contributed by atoms with van der Waals surface area (Å²) >= 11 is 0. The van der Waals surface area contributed by atoms with Gasteiger partial charge >= 0.3 is 0 Å². The molecule has 5 rings (SSSR count). The molecular formula is C20H24N4O. The second-order valence-electron chi connectivity index (χ2n) is 7.51. The lowest BCUT2D eigenvalue weighted by Crippen LogP contribution is -2.44. The number of carbonyl (C=O) groups excluding carboxylic acids is 1. The number of imidazole rings is 1. The maximum absolute atomic E-state index is 12.9. The van der Waals surface area contributed by atoms with Crippen LogP contribution in [0.3, 0.4) is 0 Å². The molecule has 130 valence electrons. The Morgan fingerprint density at radius 3 is 2.92 bits per heavy atom. The minimum atomic E-state index is 0.220. The van der Waals surface area contributed by atoms with Crippen LogP contribution < -0.4 is 4.90 Å². The molecule has 25 heavy (non-hydrogen) atoms. The van der Waals surface area contributed by atoms with Crippen LogP contribution in [-0.2, 0) is 24.2 Å². The maximum atomic E-state index is 12.9. The molecule has 1 aliphatic carbocycles. The largest absolute Gasteiger partial charge is 0.331 e. The number of hydrogen-bond donors (Lipinski definition) is 0. The molecule has 5 nitrogen and oxygen atoms in total. The fourth-order valence-corrected chi connectivity index (χ4v) is 4.26. The second kappa shape index (κ2) is 5.99. The zero-order valence-electron chi connectivity index (χ0n) is 14.5. The highest BCUT2D eigenvalue weighted by Gasteiger charge is 2.31. The Labute approximate surface area is 148 Å². The first kappa shape index (κ1) is 15.1. The number of para-hydroxylation sites is 1. The minimum Gasteiger partial charge on any atom is -0.331 e. The van der Waals surface area contributed by atoms with Crippen molar-refractivity contribution in [1.82, 2.24) is 14.5 Å². The number of aromatic nitrogens is 2. The smallest absolute Gasteiger partial charge is 0.241 e. The van der Waals surface area contributed by atoms with E-state index < -0.39 is 0 Å². The van der Waals surface area contributed by atoms with Gasteiger partial charge in [0, 0.05) is 43.5 Å². The minimum absolute atomic E-state index is 0.220. The van der Waals surface area contributed by atoms with Crippen LogP contribution in [-0.4, -0.2) is 40.0 Å². The molecule has 1 amide bonds. The predicted molar refractivity (Wildman–Crippen MR) is 96.6 cm³/mol. The lowest BCUT2D eigenvalue weighted by Gasteiger charge is -2.33. The molecular weight excluding hydrogens is 312 g/mol. The number of carbonyl (C=O) groups is 1. The Morgan fingerprint density at radius 1 is 1.16 bits per heavy atom. The average Bonchev–Trinajstić information content (AvgIpc) is 3.40. The molecule has 0 unspecified atom stereocenters. The molecule has 3 heterocycles. The molecule has 0 atom stereocenters. The number of benzene rings is 1. The SMILES string of the molecule is O=C(CN1CCc2c(ncn2C2CC2)C1)N1CCCc2ccccc21. The molecule has 1 aromatic heterocycles. The van der Waals surface area contributed by atoms with Gasteiger partial charge in [0.2, 0.25) is 5.91 Å². The van der Waals surface area contributed by atoms with Crippen molar-refractivity contribution in [1.29, 1.82) is 0 Å². The number of hydrogen-bond acceptors (Lipinski definition) is 3. The van der Waals surface area contributed by atoms with Crippen LogP contribution in [0.4, 0.5) is 5.69 Å². The zero-order chi connectivity index (χ0) is 16.8. The number of anilines is 1. The number of nitrogens with zero attached hydrogens (tertiary/aromatic N) is 4. The predicted octanol–water partition coefficient (Wildman–Crippen LogP) is 2.56. The Bertz CT molecular complexity index is 808. The standard InChI is InChI=1S/C20H24N4O/c25-20(23-10-3-5-15-4-1-2-6-18(15)23)13-22-11-9-19-17(12-22)21-14-24(19)16-7-8-16/h1-2,4,6,14,16H,3,5,7-13H2. The lowest BCUT2D eigenvalue weighted by molar-refractivity contribution is -0.120. The third-order valence-corrected chi connectivity index (χ3v) is 5.73. The van der Waals surface area contributed by atoms with E-state index in [0.29, 0.717) is 12.6 Å². The van der Waals surface area contributed by atoms with Crippen molar-refractivity contribution in [3.8, 4) is 0 Å². The first-order chi connectivity index (χ1) is 12.3. The van der Waals surface area contributed by atoms with Crippen LogP contribution in [0.5, 0.6) is 0 Å². The highest BCUT2D eigenvalue weighted by molar-refractivity contribution is 5.95. The third kappa shape index (κ3) is 2.76. The van der Waals surface area contributed by atoms with E-state index >= 15 is 0 Å². The summed E-state index contributed by atoms with van der Waals surface area (Å²) < 4.78 is 2.37. The molecule has 5 heteroatoms. The lowest BCUT2D eigenvalue weighted by atomic mass is 10.0. The maximum Gasteiger partial charge on any atom is 0.241 e. The molecule has 1 aromatic carbocycles. The van der Waals surface area contributed by atoms with Gasteiger partial charge in [0.15, 0.2) is 0 Å². The van der Waals surface area contributed by atoms with Crippen LogP contribution in [0.2, 0.25) is 0 Å². The Hall–Kier alpha value is -2.14. The highest BCUT2D eigenvalue weighted by atomic mass is 16.2. The van der Waals surface area contributed by atoms with Crippen molar-refractivity contribution in [2.24, 2.45) is 0 Å². The number of aryl methyl sites for hydroxylation is 1. The van der Waals surface area contributed by atoms with Gasteiger partial charge in [0.1, 0.15) is 0 Å². The van der Waals surface area contributed by atoms with Gasteiger partial charge < -0.3 is 9.47 Å². The summed E-state index contributed by atoms with van der Waals surface area (Å²) in [4.78, 5) is 21.8. The van der Waals surface area contributed by atoms with Crippen molar-refractivity contribution in [2.75, 3.05) is 24.5 Å². The molecule has 0 radical (unpaired) electrons. The third-order valence-electron chi connectivity index (χ3n) is 5.73. The van der Waals surface area contributed by atoms with Gasteiger partial charge in [-0.15, -0.1) is 0 Å². The van der Waals surface area contributed by atoms with Crippen molar-refractivity contribution in [3.63, 3.8) is 0 Å². The van der Waals surface area contributed by atoms with Gasteiger partial charge in [-0.3, -0.25) is 9.69 Å². The first-order valence-corrected chi connectivity index (χ1v) is 9.45.